The first-order valence-corrected chi connectivity index (χ1v) is 7.84. The monoisotopic (exact) mass is 414 g/mol. The van der Waals surface area contributed by atoms with Crippen LogP contribution in [0.3, 0.4) is 0 Å². The van der Waals surface area contributed by atoms with Gasteiger partial charge in [0.1, 0.15) is 0 Å². The predicted octanol–water partition coefficient (Wildman–Crippen LogP) is 2.36. The lowest BCUT2D eigenvalue weighted by molar-refractivity contribution is 0.144. The molecule has 0 heterocycles. The zero-order valence-electron chi connectivity index (χ0n) is 14.4. The second-order valence-electron chi connectivity index (χ2n) is 5.77. The molecule has 0 unspecified atom stereocenters. The molecule has 0 saturated carbocycles. The molecule has 0 amide bonds. The normalized spacial score (nSPS) is 12.0. The number of hydrogen-bond acceptors (Lipinski definition) is 3. The second kappa shape index (κ2) is 14.8. The first-order valence-electron chi connectivity index (χ1n) is 7.84. The highest BCUT2D eigenvalue weighted by Gasteiger charge is 2.07. The van der Waals surface area contributed by atoms with Crippen LogP contribution in [0.1, 0.15) is 47.5 Å². The van der Waals surface area contributed by atoms with Crippen molar-refractivity contribution in [3.8, 4) is 0 Å². The molecule has 5 nitrogen and oxygen atoms in total. The van der Waals surface area contributed by atoms with Gasteiger partial charge in [0.25, 0.3) is 0 Å². The summed E-state index contributed by atoms with van der Waals surface area (Å²) < 4.78 is 5.31. The van der Waals surface area contributed by atoms with E-state index in [1.807, 2.05) is 6.92 Å². The Balaban J connectivity index is 0. The van der Waals surface area contributed by atoms with Crippen LogP contribution < -0.4 is 16.0 Å². The summed E-state index contributed by atoms with van der Waals surface area (Å²) in [4.78, 5) is 4.56. The van der Waals surface area contributed by atoms with Gasteiger partial charge in [-0.3, -0.25) is 4.99 Å². The van der Waals surface area contributed by atoms with Crippen molar-refractivity contribution in [2.24, 2.45) is 4.99 Å². The maximum atomic E-state index is 5.31. The van der Waals surface area contributed by atoms with Gasteiger partial charge in [0.15, 0.2) is 5.96 Å². The average Bonchev–Trinajstić information content (AvgIpc) is 2.37. The molecule has 21 heavy (non-hydrogen) atoms. The van der Waals surface area contributed by atoms with Crippen LogP contribution in [0.15, 0.2) is 4.99 Å². The molecule has 0 aliphatic rings. The molecule has 0 aromatic rings. The molecule has 0 bridgehead atoms. The van der Waals surface area contributed by atoms with Gasteiger partial charge in [-0.15, -0.1) is 24.0 Å². The van der Waals surface area contributed by atoms with Crippen molar-refractivity contribution in [3.63, 3.8) is 0 Å². The van der Waals surface area contributed by atoms with Crippen molar-refractivity contribution in [3.05, 3.63) is 0 Å². The second-order valence-corrected chi connectivity index (χ2v) is 5.77. The van der Waals surface area contributed by atoms with E-state index in [1.165, 1.54) is 0 Å². The topological polar surface area (TPSA) is 57.7 Å². The standard InChI is InChI=1S/C15H34N4O.HI/c1-6-16-14(17-10-8-9-13-20-7-2)18-11-12-19-15(3,4)5;/h19H,6-13H2,1-5H3,(H2,16,17,18);1H. The lowest BCUT2D eigenvalue weighted by Crippen LogP contribution is -2.44. The molecule has 0 aromatic carbocycles. The van der Waals surface area contributed by atoms with Crippen molar-refractivity contribution in [2.45, 2.75) is 53.0 Å². The Kier molecular flexibility index (Phi) is 16.4. The van der Waals surface area contributed by atoms with Crippen LogP contribution in [-0.2, 0) is 4.74 Å². The van der Waals surface area contributed by atoms with Crippen molar-refractivity contribution in [2.75, 3.05) is 39.4 Å². The number of unbranched alkanes of at least 4 members (excludes halogenated alkanes) is 1. The van der Waals surface area contributed by atoms with Crippen molar-refractivity contribution >= 4 is 29.9 Å². The van der Waals surface area contributed by atoms with Crippen molar-refractivity contribution < 1.29 is 4.74 Å². The van der Waals surface area contributed by atoms with Gasteiger partial charge in [0.2, 0.25) is 0 Å². The summed E-state index contributed by atoms with van der Waals surface area (Å²) in [6.45, 7) is 15.8. The molecule has 0 spiro atoms. The smallest absolute Gasteiger partial charge is 0.191 e. The fourth-order valence-electron chi connectivity index (χ4n) is 1.61. The van der Waals surface area contributed by atoms with Crippen LogP contribution >= 0.6 is 24.0 Å². The summed E-state index contributed by atoms with van der Waals surface area (Å²) >= 11 is 0. The number of nitrogens with one attached hydrogen (secondary N) is 3. The third-order valence-corrected chi connectivity index (χ3v) is 2.59. The summed E-state index contributed by atoms with van der Waals surface area (Å²) in [5, 5.41) is 10.1. The zero-order valence-corrected chi connectivity index (χ0v) is 16.8. The highest BCUT2D eigenvalue weighted by Crippen LogP contribution is 1.96. The zero-order chi connectivity index (χ0) is 15.3. The first-order chi connectivity index (χ1) is 9.49. The lowest BCUT2D eigenvalue weighted by Gasteiger charge is -2.21. The minimum Gasteiger partial charge on any atom is -0.382 e. The van der Waals surface area contributed by atoms with Crippen LogP contribution in [0.4, 0.5) is 0 Å². The van der Waals surface area contributed by atoms with Gasteiger partial charge in [-0.1, -0.05) is 0 Å². The molecule has 128 valence electrons. The summed E-state index contributed by atoms with van der Waals surface area (Å²) in [7, 11) is 0. The summed E-state index contributed by atoms with van der Waals surface area (Å²) in [5.41, 5.74) is 0.163. The minimum absolute atomic E-state index is 0. The number of guanidine groups is 1. The van der Waals surface area contributed by atoms with Crippen LogP contribution in [0.5, 0.6) is 0 Å². The van der Waals surface area contributed by atoms with Gasteiger partial charge in [-0.2, -0.15) is 0 Å². The van der Waals surface area contributed by atoms with E-state index in [-0.39, 0.29) is 29.5 Å². The molecule has 6 heteroatoms. The van der Waals surface area contributed by atoms with Gasteiger partial charge in [-0.05, 0) is 47.5 Å². The van der Waals surface area contributed by atoms with Crippen LogP contribution in [0, 0.1) is 0 Å². The van der Waals surface area contributed by atoms with Crippen LogP contribution in [0.25, 0.3) is 0 Å². The van der Waals surface area contributed by atoms with E-state index in [0.29, 0.717) is 0 Å². The number of halogens is 1. The van der Waals surface area contributed by atoms with Crippen LogP contribution in [0.2, 0.25) is 0 Å². The molecule has 0 fully saturated rings. The molecular weight excluding hydrogens is 379 g/mol. The van der Waals surface area contributed by atoms with E-state index in [0.717, 1.165) is 58.2 Å². The molecule has 0 saturated heterocycles. The van der Waals surface area contributed by atoms with E-state index in [9.17, 15) is 0 Å². The minimum atomic E-state index is 0. The fourth-order valence-corrected chi connectivity index (χ4v) is 1.61. The highest BCUT2D eigenvalue weighted by atomic mass is 127. The van der Waals surface area contributed by atoms with Gasteiger partial charge in [-0.25, -0.2) is 0 Å². The third kappa shape index (κ3) is 17.9. The van der Waals surface area contributed by atoms with Crippen LogP contribution in [-0.4, -0.2) is 50.9 Å². The van der Waals surface area contributed by atoms with E-state index in [2.05, 4.69) is 48.6 Å². The Labute approximate surface area is 148 Å². The summed E-state index contributed by atoms with van der Waals surface area (Å²) in [6.07, 6.45) is 2.14. The molecule has 0 atom stereocenters. The summed E-state index contributed by atoms with van der Waals surface area (Å²) in [6, 6.07) is 0. The van der Waals surface area contributed by atoms with Crippen molar-refractivity contribution in [1.82, 2.24) is 16.0 Å². The van der Waals surface area contributed by atoms with Gasteiger partial charge in [0, 0.05) is 44.9 Å². The van der Waals surface area contributed by atoms with E-state index >= 15 is 0 Å². The fraction of sp³-hybridized carbons (Fsp3) is 0.933. The van der Waals surface area contributed by atoms with Gasteiger partial charge < -0.3 is 20.7 Å². The van der Waals surface area contributed by atoms with E-state index in [4.69, 9.17) is 4.74 Å². The third-order valence-electron chi connectivity index (χ3n) is 2.59. The molecule has 0 aliphatic carbocycles. The van der Waals surface area contributed by atoms with E-state index < -0.39 is 0 Å². The van der Waals surface area contributed by atoms with Gasteiger partial charge >= 0.3 is 0 Å². The predicted molar refractivity (Wildman–Crippen MR) is 103 cm³/mol. The lowest BCUT2D eigenvalue weighted by atomic mass is 10.1. The molecule has 0 rings (SSSR count). The number of nitrogens with zero attached hydrogens (tertiary/aromatic N) is 1. The quantitative estimate of drug-likeness (QED) is 0.222. The number of hydrogen-bond donors (Lipinski definition) is 3. The molecule has 3 N–H and O–H groups in total. The van der Waals surface area contributed by atoms with Gasteiger partial charge in [0.05, 0.1) is 0 Å². The number of rotatable bonds is 10. The maximum Gasteiger partial charge on any atom is 0.191 e. The largest absolute Gasteiger partial charge is 0.382 e. The van der Waals surface area contributed by atoms with Crippen molar-refractivity contribution in [1.29, 1.82) is 0 Å². The summed E-state index contributed by atoms with van der Waals surface area (Å²) in [5.74, 6) is 0.902. The molecular formula is C15H35IN4O. The first kappa shape index (κ1) is 23.2. The number of aliphatic imine (C=N–C) groups is 1. The molecule has 0 aromatic heterocycles. The molecule has 0 radical (unpaired) electrons. The Morgan fingerprint density at radius 1 is 1.05 bits per heavy atom. The Morgan fingerprint density at radius 3 is 2.33 bits per heavy atom. The maximum absolute atomic E-state index is 5.31. The Hall–Kier alpha value is -0.0800. The molecule has 0 aliphatic heterocycles. The Bertz CT molecular complexity index is 255. The number of ether oxygens (including phenoxy) is 1. The highest BCUT2D eigenvalue weighted by molar-refractivity contribution is 14.0. The SMILES string of the molecule is CCNC(=NCCCCOCC)NCCNC(C)(C)C.I. The Morgan fingerprint density at radius 2 is 1.76 bits per heavy atom. The van der Waals surface area contributed by atoms with E-state index in [1.54, 1.807) is 0 Å². The average molecular weight is 414 g/mol.